The molecule has 0 spiro atoms. The molecule has 0 radical (unpaired) electrons. The van der Waals surface area contributed by atoms with Crippen molar-refractivity contribution in [3.05, 3.63) is 35.1 Å². The van der Waals surface area contributed by atoms with E-state index < -0.39 is 17.4 Å². The number of hydrogen-bond donors (Lipinski definition) is 0. The topological polar surface area (TPSA) is 26.3 Å². The summed E-state index contributed by atoms with van der Waals surface area (Å²) < 4.78 is 18.9. The van der Waals surface area contributed by atoms with Crippen molar-refractivity contribution in [2.45, 2.75) is 31.7 Å². The average molecular weight is 289 g/mol. The minimum atomic E-state index is -0.632. The zero-order valence-corrected chi connectivity index (χ0v) is 11.1. The Hall–Kier alpha value is -0.900. The molecule has 16 heavy (non-hydrogen) atoms. The van der Waals surface area contributed by atoms with Gasteiger partial charge in [-0.3, -0.25) is 0 Å². The van der Waals surface area contributed by atoms with Gasteiger partial charge in [0.25, 0.3) is 0 Å². The summed E-state index contributed by atoms with van der Waals surface area (Å²) >= 11 is 3.16. The van der Waals surface area contributed by atoms with Gasteiger partial charge in [0.15, 0.2) is 0 Å². The van der Waals surface area contributed by atoms with E-state index in [4.69, 9.17) is 4.74 Å². The lowest BCUT2D eigenvalue weighted by atomic mass is 10.1. The lowest BCUT2D eigenvalue weighted by molar-refractivity contribution is 0.00645. The molecular formula is C12H14BrFO2. The molecular weight excluding hydrogens is 275 g/mol. The van der Waals surface area contributed by atoms with Crippen molar-refractivity contribution in [3.8, 4) is 0 Å². The summed E-state index contributed by atoms with van der Waals surface area (Å²) in [5, 5.41) is 0.371. The molecule has 0 saturated heterocycles. The molecule has 0 unspecified atom stereocenters. The predicted octanol–water partition coefficient (Wildman–Crippen LogP) is 3.68. The first-order valence-corrected chi connectivity index (χ1v) is 6.04. The van der Waals surface area contributed by atoms with E-state index in [-0.39, 0.29) is 5.56 Å². The van der Waals surface area contributed by atoms with Gasteiger partial charge >= 0.3 is 5.97 Å². The molecule has 2 nitrogen and oxygen atoms in total. The van der Waals surface area contributed by atoms with Crippen LogP contribution in [0.2, 0.25) is 0 Å². The molecule has 0 aromatic heterocycles. The Morgan fingerprint density at radius 3 is 2.56 bits per heavy atom. The second kappa shape index (κ2) is 4.95. The average Bonchev–Trinajstić information content (AvgIpc) is 2.15. The van der Waals surface area contributed by atoms with E-state index in [2.05, 4.69) is 15.9 Å². The maximum absolute atomic E-state index is 13.8. The van der Waals surface area contributed by atoms with Crippen LogP contribution in [0.5, 0.6) is 0 Å². The number of rotatable bonds is 2. The van der Waals surface area contributed by atoms with Crippen LogP contribution in [0.25, 0.3) is 0 Å². The third-order valence-electron chi connectivity index (χ3n) is 1.84. The highest BCUT2D eigenvalue weighted by molar-refractivity contribution is 9.08. The Morgan fingerprint density at radius 2 is 2.06 bits per heavy atom. The quantitative estimate of drug-likeness (QED) is 0.613. The number of alkyl halides is 1. The van der Waals surface area contributed by atoms with E-state index in [1.165, 1.54) is 6.07 Å². The van der Waals surface area contributed by atoms with E-state index in [0.29, 0.717) is 10.9 Å². The molecule has 0 bridgehead atoms. The van der Waals surface area contributed by atoms with Gasteiger partial charge in [-0.2, -0.15) is 0 Å². The highest BCUT2D eigenvalue weighted by Crippen LogP contribution is 2.19. The van der Waals surface area contributed by atoms with Crippen LogP contribution in [0.15, 0.2) is 18.2 Å². The Balaban J connectivity index is 3.01. The molecule has 0 aliphatic carbocycles. The third-order valence-corrected chi connectivity index (χ3v) is 2.45. The molecule has 88 valence electrons. The van der Waals surface area contributed by atoms with E-state index >= 15 is 0 Å². The van der Waals surface area contributed by atoms with Gasteiger partial charge < -0.3 is 4.74 Å². The highest BCUT2D eigenvalue weighted by Gasteiger charge is 2.21. The summed E-state index contributed by atoms with van der Waals surface area (Å²) in [5.74, 6) is -1.15. The van der Waals surface area contributed by atoms with Crippen molar-refractivity contribution in [3.63, 3.8) is 0 Å². The largest absolute Gasteiger partial charge is 0.456 e. The van der Waals surface area contributed by atoms with Crippen LogP contribution in [0, 0.1) is 5.82 Å². The summed E-state index contributed by atoms with van der Waals surface area (Å²) in [4.78, 5) is 11.7. The Morgan fingerprint density at radius 1 is 1.44 bits per heavy atom. The smallest absolute Gasteiger partial charge is 0.341 e. The second-order valence-corrected chi connectivity index (χ2v) is 4.97. The van der Waals surface area contributed by atoms with Crippen LogP contribution in [0.4, 0.5) is 4.39 Å². The zero-order chi connectivity index (χ0) is 12.3. The van der Waals surface area contributed by atoms with E-state index in [0.717, 1.165) is 0 Å². The molecule has 0 aliphatic rings. The van der Waals surface area contributed by atoms with Gasteiger partial charge in [-0.1, -0.05) is 28.1 Å². The maximum Gasteiger partial charge on any atom is 0.341 e. The predicted molar refractivity (Wildman–Crippen MR) is 64.2 cm³/mol. The summed E-state index contributed by atoms with van der Waals surface area (Å²) in [7, 11) is 0. The number of esters is 1. The lowest BCUT2D eigenvalue weighted by Crippen LogP contribution is -2.24. The Kier molecular flexibility index (Phi) is 4.08. The van der Waals surface area contributed by atoms with Gasteiger partial charge in [0, 0.05) is 5.33 Å². The van der Waals surface area contributed by atoms with Crippen LogP contribution < -0.4 is 0 Å². The number of benzene rings is 1. The van der Waals surface area contributed by atoms with Crippen LogP contribution in [-0.4, -0.2) is 11.6 Å². The molecule has 1 rings (SSSR count). The van der Waals surface area contributed by atoms with Crippen molar-refractivity contribution >= 4 is 21.9 Å². The molecule has 0 heterocycles. The van der Waals surface area contributed by atoms with E-state index in [1.807, 2.05) is 0 Å². The monoisotopic (exact) mass is 288 g/mol. The second-order valence-electron chi connectivity index (χ2n) is 4.41. The number of hydrogen-bond acceptors (Lipinski definition) is 2. The third kappa shape index (κ3) is 3.30. The number of ether oxygens (including phenoxy) is 1. The van der Waals surface area contributed by atoms with Gasteiger partial charge in [0.2, 0.25) is 0 Å². The van der Waals surface area contributed by atoms with Crippen molar-refractivity contribution in [1.82, 2.24) is 0 Å². The molecule has 0 fully saturated rings. The molecule has 0 saturated carbocycles. The molecule has 1 aromatic rings. The normalized spacial score (nSPS) is 11.3. The lowest BCUT2D eigenvalue weighted by Gasteiger charge is -2.19. The SMILES string of the molecule is CC(C)(C)OC(=O)c1cccc(CBr)c1F. The summed E-state index contributed by atoms with van der Waals surface area (Å²) in [5.41, 5.74) is -0.191. The maximum atomic E-state index is 13.8. The fraction of sp³-hybridized carbons (Fsp3) is 0.417. The Labute approximate surface area is 103 Å². The molecule has 4 heteroatoms. The van der Waals surface area contributed by atoms with Crippen molar-refractivity contribution < 1.29 is 13.9 Å². The number of halogens is 2. The molecule has 0 N–H and O–H groups in total. The fourth-order valence-corrected chi connectivity index (χ4v) is 1.61. The summed E-state index contributed by atoms with van der Waals surface area (Å²) in [6, 6.07) is 4.69. The first kappa shape index (κ1) is 13.2. The Bertz CT molecular complexity index is 396. The first-order valence-electron chi connectivity index (χ1n) is 4.92. The molecule has 0 atom stereocenters. The van der Waals surface area contributed by atoms with Gasteiger partial charge in [-0.25, -0.2) is 9.18 Å². The van der Waals surface area contributed by atoms with Crippen LogP contribution >= 0.6 is 15.9 Å². The molecule has 0 aliphatic heterocycles. The number of carbonyl (C=O) groups is 1. The fourth-order valence-electron chi connectivity index (χ4n) is 1.17. The van der Waals surface area contributed by atoms with Gasteiger partial charge in [-0.15, -0.1) is 0 Å². The molecule has 1 aromatic carbocycles. The van der Waals surface area contributed by atoms with E-state index in [9.17, 15) is 9.18 Å². The van der Waals surface area contributed by atoms with Crippen LogP contribution in [0.3, 0.4) is 0 Å². The van der Waals surface area contributed by atoms with E-state index in [1.54, 1.807) is 32.9 Å². The first-order chi connectivity index (χ1) is 7.35. The summed E-state index contributed by atoms with van der Waals surface area (Å²) in [6.45, 7) is 5.24. The van der Waals surface area contributed by atoms with Crippen molar-refractivity contribution in [2.24, 2.45) is 0 Å². The van der Waals surface area contributed by atoms with Crippen LogP contribution in [0.1, 0.15) is 36.7 Å². The van der Waals surface area contributed by atoms with Gasteiger partial charge in [0.05, 0.1) is 5.56 Å². The van der Waals surface area contributed by atoms with Crippen molar-refractivity contribution in [1.29, 1.82) is 0 Å². The minimum absolute atomic E-state index is 0.0214. The van der Waals surface area contributed by atoms with Gasteiger partial charge in [-0.05, 0) is 32.4 Å². The highest BCUT2D eigenvalue weighted by atomic mass is 79.9. The number of carbonyl (C=O) groups excluding carboxylic acids is 1. The standard InChI is InChI=1S/C12H14BrFO2/c1-12(2,3)16-11(15)9-6-4-5-8(7-13)10(9)14/h4-6H,7H2,1-3H3. The summed E-state index contributed by atoms with van der Waals surface area (Å²) in [6.07, 6.45) is 0. The van der Waals surface area contributed by atoms with Crippen molar-refractivity contribution in [2.75, 3.05) is 0 Å². The molecule has 0 amide bonds. The van der Waals surface area contributed by atoms with Crippen LogP contribution in [-0.2, 0) is 10.1 Å². The minimum Gasteiger partial charge on any atom is -0.456 e. The zero-order valence-electron chi connectivity index (χ0n) is 9.51. The van der Waals surface area contributed by atoms with Gasteiger partial charge in [0.1, 0.15) is 11.4 Å².